The van der Waals surface area contributed by atoms with Crippen molar-refractivity contribution in [2.75, 3.05) is 37.0 Å². The van der Waals surface area contributed by atoms with Crippen molar-refractivity contribution < 1.29 is 23.8 Å². The molecule has 0 bridgehead atoms. The quantitative estimate of drug-likeness (QED) is 0.150. The number of amides is 2. The zero-order chi connectivity index (χ0) is 28.5. The molecule has 8 nitrogen and oxygen atoms in total. The average Bonchev–Trinajstić information content (AvgIpc) is 2.93. The van der Waals surface area contributed by atoms with Crippen molar-refractivity contribution in [1.29, 1.82) is 0 Å². The maximum Gasteiger partial charge on any atom is 0.319 e. The number of aryl methyl sites for hydroxylation is 1. The molecule has 2 amide bonds. The third kappa shape index (κ3) is 8.20. The fourth-order valence-corrected chi connectivity index (χ4v) is 4.92. The molecular weight excluding hydrogens is 598 g/mol. The normalized spacial score (nSPS) is 14.8. The molecule has 4 rings (SSSR count). The highest BCUT2D eigenvalue weighted by Crippen LogP contribution is 2.32. The summed E-state index contributed by atoms with van der Waals surface area (Å²) in [6, 6.07) is 15.7. The molecule has 0 aromatic heterocycles. The number of carbonyl (C=O) groups is 2. The van der Waals surface area contributed by atoms with E-state index in [-0.39, 0.29) is 18.1 Å². The van der Waals surface area contributed by atoms with Crippen LogP contribution in [0.2, 0.25) is 5.02 Å². The number of hydrogen-bond acceptors (Lipinski definition) is 6. The van der Waals surface area contributed by atoms with Crippen molar-refractivity contribution in [3.63, 3.8) is 0 Å². The number of hydrogen-bond donors (Lipinski definition) is 3. The monoisotopic (exact) mass is 629 g/mol. The number of rotatable bonds is 11. The molecule has 0 aliphatic carbocycles. The summed E-state index contributed by atoms with van der Waals surface area (Å²) in [5.74, 6) is 0.486. The lowest BCUT2D eigenvalue weighted by Gasteiger charge is -2.22. The Morgan fingerprint density at radius 1 is 1.02 bits per heavy atom. The molecule has 1 aliphatic rings. The Balaban J connectivity index is 1.39. The van der Waals surface area contributed by atoms with Crippen LogP contribution in [-0.4, -0.2) is 44.5 Å². The summed E-state index contributed by atoms with van der Waals surface area (Å²) in [7, 11) is 0. The molecule has 3 aromatic rings. The van der Waals surface area contributed by atoms with Crippen LogP contribution in [0.15, 0.2) is 59.1 Å². The van der Waals surface area contributed by atoms with Crippen molar-refractivity contribution >= 4 is 56.4 Å². The Morgan fingerprint density at radius 2 is 1.85 bits per heavy atom. The van der Waals surface area contributed by atoms with Gasteiger partial charge < -0.3 is 30.2 Å². The number of nitrogens with one attached hydrogen (secondary N) is 3. The second kappa shape index (κ2) is 14.5. The van der Waals surface area contributed by atoms with Gasteiger partial charge in [0.05, 0.1) is 23.0 Å². The molecule has 1 atom stereocenters. The Hall–Kier alpha value is -3.11. The van der Waals surface area contributed by atoms with Crippen LogP contribution in [0.25, 0.3) is 0 Å². The second-order valence-corrected chi connectivity index (χ2v) is 10.6. The van der Waals surface area contributed by atoms with Crippen LogP contribution in [0.4, 0.5) is 21.9 Å². The van der Waals surface area contributed by atoms with Gasteiger partial charge in [-0.2, -0.15) is 0 Å². The van der Waals surface area contributed by atoms with Gasteiger partial charge in [0, 0.05) is 34.4 Å². The number of anilines is 3. The SMILES string of the molecule is CCNC(=O)Nc1cc(Br)ccc1Nc1ccc(C(=O)c2ccc(OCCOC3CCCCO3)cc2C)c(Cl)c1. The average molecular weight is 631 g/mol. The molecule has 10 heteroatoms. The van der Waals surface area contributed by atoms with E-state index in [9.17, 15) is 9.59 Å². The topological polar surface area (TPSA) is 97.9 Å². The Labute approximate surface area is 247 Å². The number of halogens is 2. The van der Waals surface area contributed by atoms with Gasteiger partial charge in [0.1, 0.15) is 12.4 Å². The van der Waals surface area contributed by atoms with Crippen LogP contribution in [0.1, 0.15) is 47.7 Å². The molecule has 212 valence electrons. The van der Waals surface area contributed by atoms with E-state index < -0.39 is 0 Å². The summed E-state index contributed by atoms with van der Waals surface area (Å²) in [5, 5.41) is 9.12. The van der Waals surface area contributed by atoms with E-state index in [1.807, 2.05) is 32.0 Å². The molecule has 1 heterocycles. The first-order valence-electron chi connectivity index (χ1n) is 13.3. The van der Waals surface area contributed by atoms with Gasteiger partial charge in [-0.15, -0.1) is 0 Å². The molecule has 0 spiro atoms. The van der Waals surface area contributed by atoms with Gasteiger partial charge >= 0.3 is 6.03 Å². The number of ketones is 1. The lowest BCUT2D eigenvalue weighted by Crippen LogP contribution is -2.28. The van der Waals surface area contributed by atoms with Crippen LogP contribution in [0.3, 0.4) is 0 Å². The van der Waals surface area contributed by atoms with Crippen LogP contribution in [-0.2, 0) is 9.47 Å². The minimum atomic E-state index is -0.309. The molecule has 1 fully saturated rings. The molecule has 1 saturated heterocycles. The highest BCUT2D eigenvalue weighted by Gasteiger charge is 2.17. The second-order valence-electron chi connectivity index (χ2n) is 9.32. The van der Waals surface area contributed by atoms with Crippen molar-refractivity contribution in [1.82, 2.24) is 5.32 Å². The molecule has 0 radical (unpaired) electrons. The third-order valence-electron chi connectivity index (χ3n) is 6.30. The lowest BCUT2D eigenvalue weighted by atomic mass is 9.98. The standard InChI is InChI=1S/C30H33BrClN3O5/c1-3-33-30(37)35-27-17-20(31)7-12-26(27)34-21-8-10-24(25(32)18-21)29(36)23-11-9-22(16-19(23)2)38-14-15-40-28-6-4-5-13-39-28/h7-12,16-18,28,34H,3-6,13-15H2,1-2H3,(H2,33,35,37). The van der Waals surface area contributed by atoms with E-state index in [1.165, 1.54) is 0 Å². The fourth-order valence-electron chi connectivity index (χ4n) is 4.30. The number of ether oxygens (including phenoxy) is 3. The number of carbonyl (C=O) groups excluding carboxylic acids is 2. The highest BCUT2D eigenvalue weighted by molar-refractivity contribution is 9.10. The van der Waals surface area contributed by atoms with E-state index in [4.69, 9.17) is 25.8 Å². The Kier molecular flexibility index (Phi) is 10.8. The first-order valence-corrected chi connectivity index (χ1v) is 14.4. The molecule has 1 aliphatic heterocycles. The van der Waals surface area contributed by atoms with Crippen molar-refractivity contribution in [2.24, 2.45) is 0 Å². The summed E-state index contributed by atoms with van der Waals surface area (Å²) in [5.41, 5.74) is 3.65. The third-order valence-corrected chi connectivity index (χ3v) is 7.10. The number of benzene rings is 3. The summed E-state index contributed by atoms with van der Waals surface area (Å²) in [6.07, 6.45) is 2.96. The summed E-state index contributed by atoms with van der Waals surface area (Å²) in [4.78, 5) is 25.4. The van der Waals surface area contributed by atoms with Crippen molar-refractivity contribution in [3.05, 3.63) is 80.8 Å². The van der Waals surface area contributed by atoms with E-state index in [0.29, 0.717) is 58.7 Å². The van der Waals surface area contributed by atoms with Crippen LogP contribution in [0, 0.1) is 6.92 Å². The van der Waals surface area contributed by atoms with E-state index in [0.717, 1.165) is 35.9 Å². The van der Waals surface area contributed by atoms with Gasteiger partial charge in [0.15, 0.2) is 12.1 Å². The molecule has 1 unspecified atom stereocenters. The number of urea groups is 1. The van der Waals surface area contributed by atoms with E-state index >= 15 is 0 Å². The maximum atomic E-state index is 13.3. The van der Waals surface area contributed by atoms with Crippen molar-refractivity contribution in [3.8, 4) is 5.75 Å². The first kappa shape index (κ1) is 29.9. The first-order chi connectivity index (χ1) is 19.3. The van der Waals surface area contributed by atoms with Crippen LogP contribution < -0.4 is 20.7 Å². The van der Waals surface area contributed by atoms with Gasteiger partial charge in [-0.05, 0) is 93.3 Å². The largest absolute Gasteiger partial charge is 0.491 e. The maximum absolute atomic E-state index is 13.3. The smallest absolute Gasteiger partial charge is 0.319 e. The van der Waals surface area contributed by atoms with E-state index in [2.05, 4.69) is 31.9 Å². The molecular formula is C30H33BrClN3O5. The predicted octanol–water partition coefficient (Wildman–Crippen LogP) is 7.45. The van der Waals surface area contributed by atoms with Gasteiger partial charge in [-0.3, -0.25) is 4.79 Å². The zero-order valence-electron chi connectivity index (χ0n) is 22.5. The molecule has 0 saturated carbocycles. The van der Waals surface area contributed by atoms with Gasteiger partial charge in [0.25, 0.3) is 0 Å². The zero-order valence-corrected chi connectivity index (χ0v) is 24.9. The van der Waals surface area contributed by atoms with Gasteiger partial charge in [-0.25, -0.2) is 4.79 Å². The van der Waals surface area contributed by atoms with Crippen LogP contribution in [0.5, 0.6) is 5.75 Å². The summed E-state index contributed by atoms with van der Waals surface area (Å²) >= 11 is 10.0. The highest BCUT2D eigenvalue weighted by atomic mass is 79.9. The van der Waals surface area contributed by atoms with Crippen LogP contribution >= 0.6 is 27.5 Å². The molecule has 3 N–H and O–H groups in total. The van der Waals surface area contributed by atoms with E-state index in [1.54, 1.807) is 36.4 Å². The minimum absolute atomic E-state index is 0.147. The minimum Gasteiger partial charge on any atom is -0.491 e. The van der Waals surface area contributed by atoms with Gasteiger partial charge in [-0.1, -0.05) is 27.5 Å². The molecule has 40 heavy (non-hydrogen) atoms. The van der Waals surface area contributed by atoms with Gasteiger partial charge in [0.2, 0.25) is 0 Å². The fraction of sp³-hybridized carbons (Fsp3) is 0.333. The lowest BCUT2D eigenvalue weighted by molar-refractivity contribution is -0.165. The predicted molar refractivity (Wildman–Crippen MR) is 161 cm³/mol. The Bertz CT molecular complexity index is 1350. The summed E-state index contributed by atoms with van der Waals surface area (Å²) < 4.78 is 17.9. The summed E-state index contributed by atoms with van der Waals surface area (Å²) in [6.45, 7) is 5.79. The molecule has 3 aromatic carbocycles. The Morgan fingerprint density at radius 3 is 2.58 bits per heavy atom. The van der Waals surface area contributed by atoms with Crippen molar-refractivity contribution in [2.45, 2.75) is 39.4 Å².